The van der Waals surface area contributed by atoms with Gasteiger partial charge in [-0.05, 0) is 44.2 Å². The highest BCUT2D eigenvalue weighted by molar-refractivity contribution is 6.17. The normalized spacial score (nSPS) is 31.7. The molecule has 0 spiro atoms. The van der Waals surface area contributed by atoms with Crippen molar-refractivity contribution in [3.05, 3.63) is 60.2 Å². The summed E-state index contributed by atoms with van der Waals surface area (Å²) < 4.78 is 10.6. The van der Waals surface area contributed by atoms with E-state index in [-0.39, 0.29) is 19.1 Å². The number of ketones is 1. The first kappa shape index (κ1) is 22.6. The van der Waals surface area contributed by atoms with Crippen LogP contribution in [-0.4, -0.2) is 77.9 Å². The fourth-order valence-electron chi connectivity index (χ4n) is 6.10. The Morgan fingerprint density at radius 3 is 1.71 bits per heavy atom. The number of pyridine rings is 2. The van der Waals surface area contributed by atoms with Crippen molar-refractivity contribution >= 4 is 17.7 Å². The number of likely N-dealkylation sites (tertiary alicyclic amines) is 2. The second-order valence-electron chi connectivity index (χ2n) is 9.37. The minimum absolute atomic E-state index is 0.155. The van der Waals surface area contributed by atoms with Crippen LogP contribution in [0.25, 0.3) is 0 Å². The Labute approximate surface area is 198 Å². The summed E-state index contributed by atoms with van der Waals surface area (Å²) in [6, 6.07) is 9.48. The summed E-state index contributed by atoms with van der Waals surface area (Å²) in [5.74, 6) is -1.82. The Morgan fingerprint density at radius 2 is 1.35 bits per heavy atom. The first-order valence-electron chi connectivity index (χ1n) is 11.4. The molecule has 2 aromatic heterocycles. The van der Waals surface area contributed by atoms with Crippen LogP contribution in [0.5, 0.6) is 0 Å². The highest BCUT2D eigenvalue weighted by Gasteiger charge is 2.75. The smallest absolute Gasteiger partial charge is 0.322 e. The number of methoxy groups -OCH3 is 2. The number of carbonyl (C=O) groups excluding carboxylic acids is 3. The van der Waals surface area contributed by atoms with Crippen LogP contribution in [0.15, 0.2) is 48.8 Å². The van der Waals surface area contributed by atoms with Crippen molar-refractivity contribution in [3.63, 3.8) is 0 Å². The predicted molar refractivity (Wildman–Crippen MR) is 120 cm³/mol. The fourth-order valence-corrected chi connectivity index (χ4v) is 6.10. The first-order chi connectivity index (χ1) is 16.4. The van der Waals surface area contributed by atoms with Gasteiger partial charge in [0, 0.05) is 31.5 Å². The van der Waals surface area contributed by atoms with Gasteiger partial charge >= 0.3 is 11.9 Å². The van der Waals surface area contributed by atoms with Crippen molar-refractivity contribution < 1.29 is 23.9 Å². The van der Waals surface area contributed by atoms with Gasteiger partial charge in [-0.25, -0.2) is 0 Å². The maximum Gasteiger partial charge on any atom is 0.322 e. The van der Waals surface area contributed by atoms with Crippen molar-refractivity contribution in [1.29, 1.82) is 0 Å². The zero-order valence-corrected chi connectivity index (χ0v) is 19.5. The number of esters is 2. The maximum absolute atomic E-state index is 14.6. The van der Waals surface area contributed by atoms with Gasteiger partial charge in [0.1, 0.15) is 0 Å². The number of ether oxygens (including phenoxy) is 2. The molecule has 4 heterocycles. The van der Waals surface area contributed by atoms with E-state index in [0.717, 1.165) is 12.8 Å². The van der Waals surface area contributed by atoms with Crippen molar-refractivity contribution in [3.8, 4) is 0 Å². The predicted octanol–water partition coefficient (Wildman–Crippen LogP) is 1.57. The molecule has 5 rings (SSSR count). The lowest BCUT2D eigenvalue weighted by Gasteiger charge is -2.60. The first-order valence-corrected chi connectivity index (χ1v) is 11.4. The van der Waals surface area contributed by atoms with E-state index >= 15 is 0 Å². The van der Waals surface area contributed by atoms with Crippen molar-refractivity contribution in [2.24, 2.45) is 10.8 Å². The summed E-state index contributed by atoms with van der Waals surface area (Å²) >= 11 is 0. The zero-order chi connectivity index (χ0) is 24.1. The third kappa shape index (κ3) is 3.03. The van der Waals surface area contributed by atoms with Crippen molar-refractivity contribution in [1.82, 2.24) is 19.8 Å². The van der Waals surface area contributed by atoms with Crippen LogP contribution in [0.4, 0.5) is 0 Å². The summed E-state index contributed by atoms with van der Waals surface area (Å²) in [6.07, 6.45) is 5.16. The molecule has 0 amide bonds. The van der Waals surface area contributed by atoms with Crippen LogP contribution in [0.1, 0.15) is 36.3 Å². The standard InChI is InChI=1S/C25H28N4O5/c1-28-19(17-8-4-6-12-26-17)24(22(31)33-2)14-29(16-10-11-16)15-25(21(24)30,23(32)34-3)20(28)18-9-5-7-13-27-18/h4-9,12-13,16,19-20H,10-11,14-15H2,1-3H3/t19?,20?,24-,25+. The summed E-state index contributed by atoms with van der Waals surface area (Å²) in [4.78, 5) is 55.0. The number of rotatable bonds is 5. The monoisotopic (exact) mass is 464 g/mol. The number of aromatic nitrogens is 2. The molecule has 3 aliphatic rings. The van der Waals surface area contributed by atoms with Gasteiger partial charge in [-0.2, -0.15) is 0 Å². The van der Waals surface area contributed by atoms with Gasteiger partial charge < -0.3 is 9.47 Å². The average Bonchev–Trinajstić information content (AvgIpc) is 3.71. The Bertz CT molecular complexity index is 1030. The second kappa shape index (κ2) is 8.25. The van der Waals surface area contributed by atoms with Gasteiger partial charge in [-0.1, -0.05) is 12.1 Å². The molecule has 2 aliphatic heterocycles. The Morgan fingerprint density at radius 1 is 0.882 bits per heavy atom. The Kier molecular flexibility index (Phi) is 5.49. The maximum atomic E-state index is 14.6. The Hall–Kier alpha value is -3.17. The summed E-state index contributed by atoms with van der Waals surface area (Å²) in [5, 5.41) is 0. The van der Waals surface area contributed by atoms with Gasteiger partial charge in [0.05, 0.1) is 37.7 Å². The lowest BCUT2D eigenvalue weighted by atomic mass is 9.54. The van der Waals surface area contributed by atoms with Crippen LogP contribution in [0, 0.1) is 10.8 Å². The molecule has 9 nitrogen and oxygen atoms in total. The molecule has 4 atom stereocenters. The van der Waals surface area contributed by atoms with Gasteiger partial charge in [0.25, 0.3) is 0 Å². The van der Waals surface area contributed by atoms with Gasteiger partial charge in [0.15, 0.2) is 16.6 Å². The quantitative estimate of drug-likeness (QED) is 0.482. The molecule has 0 aromatic carbocycles. The van der Waals surface area contributed by atoms with Crippen molar-refractivity contribution in [2.45, 2.75) is 31.0 Å². The van der Waals surface area contributed by atoms with E-state index in [0.29, 0.717) is 11.4 Å². The number of carbonyl (C=O) groups is 3. The highest BCUT2D eigenvalue weighted by atomic mass is 16.5. The number of Topliss-reactive ketones (excluding diaryl/α,β-unsaturated/α-hetero) is 1. The molecule has 9 heteroatoms. The number of nitrogens with zero attached hydrogens (tertiary/aromatic N) is 4. The van der Waals surface area contributed by atoms with Crippen LogP contribution in [0.2, 0.25) is 0 Å². The molecular weight excluding hydrogens is 436 g/mol. The molecule has 2 aromatic rings. The SMILES string of the molecule is COC(=O)[C@@]12CN(C3CC3)C[C@@](C(=O)OC)(C1=O)C(c1ccccn1)N(C)C2c1ccccn1. The van der Waals surface area contributed by atoms with E-state index in [2.05, 4.69) is 14.9 Å². The van der Waals surface area contributed by atoms with Gasteiger partial charge in [0.2, 0.25) is 0 Å². The third-order valence-corrected chi connectivity index (χ3v) is 7.56. The molecule has 34 heavy (non-hydrogen) atoms. The fraction of sp³-hybridized carbons (Fsp3) is 0.480. The number of hydrogen-bond donors (Lipinski definition) is 0. The van der Waals surface area contributed by atoms with E-state index < -0.39 is 40.6 Å². The second-order valence-corrected chi connectivity index (χ2v) is 9.37. The van der Waals surface area contributed by atoms with E-state index in [1.54, 1.807) is 36.7 Å². The molecule has 0 N–H and O–H groups in total. The number of hydrogen-bond acceptors (Lipinski definition) is 9. The summed E-state index contributed by atoms with van der Waals surface area (Å²) in [5.41, 5.74) is -2.20. The molecule has 2 unspecified atom stereocenters. The molecule has 2 saturated heterocycles. The lowest BCUT2D eigenvalue weighted by Crippen LogP contribution is -2.75. The number of piperidine rings is 2. The van der Waals surface area contributed by atoms with E-state index in [1.165, 1.54) is 14.2 Å². The third-order valence-electron chi connectivity index (χ3n) is 7.56. The van der Waals surface area contributed by atoms with Gasteiger partial charge in [-0.3, -0.25) is 34.2 Å². The molecule has 2 bridgehead atoms. The van der Waals surface area contributed by atoms with Crippen LogP contribution >= 0.6 is 0 Å². The zero-order valence-electron chi connectivity index (χ0n) is 19.5. The topological polar surface area (TPSA) is 102 Å². The molecule has 1 aliphatic carbocycles. The highest BCUT2D eigenvalue weighted by Crippen LogP contribution is 2.61. The van der Waals surface area contributed by atoms with Crippen molar-refractivity contribution in [2.75, 3.05) is 34.4 Å². The largest absolute Gasteiger partial charge is 0.468 e. The van der Waals surface area contributed by atoms with E-state index in [4.69, 9.17) is 9.47 Å². The van der Waals surface area contributed by atoms with Crippen LogP contribution in [0.3, 0.4) is 0 Å². The van der Waals surface area contributed by atoms with Gasteiger partial charge in [-0.15, -0.1) is 0 Å². The molecule has 178 valence electrons. The van der Waals surface area contributed by atoms with Crippen LogP contribution in [-0.2, 0) is 23.9 Å². The van der Waals surface area contributed by atoms with Crippen LogP contribution < -0.4 is 0 Å². The van der Waals surface area contributed by atoms with E-state index in [9.17, 15) is 14.4 Å². The molecule has 1 saturated carbocycles. The average molecular weight is 465 g/mol. The molecular formula is C25H28N4O5. The summed E-state index contributed by atoms with van der Waals surface area (Å²) in [7, 11) is 4.37. The van der Waals surface area contributed by atoms with E-state index in [1.807, 2.05) is 24.1 Å². The Balaban J connectivity index is 1.83. The molecule has 0 radical (unpaired) electrons. The minimum atomic E-state index is -1.65. The summed E-state index contributed by atoms with van der Waals surface area (Å²) in [6.45, 7) is 0.310. The lowest BCUT2D eigenvalue weighted by molar-refractivity contribution is -0.204. The number of fused-ring (bicyclic) bond motifs is 2. The molecule has 3 fully saturated rings. The minimum Gasteiger partial charge on any atom is -0.468 e.